The maximum absolute atomic E-state index is 5.93. The predicted octanol–water partition coefficient (Wildman–Crippen LogP) is 2.39. The average molecular weight is 242 g/mol. The van der Waals surface area contributed by atoms with E-state index >= 15 is 0 Å². The number of hydrogen-bond donors (Lipinski definition) is 1. The van der Waals surface area contributed by atoms with Gasteiger partial charge in [0.05, 0.1) is 12.2 Å². The van der Waals surface area contributed by atoms with Gasteiger partial charge >= 0.3 is 0 Å². The molecule has 1 saturated heterocycles. The Bertz CT molecular complexity index is 179. The van der Waals surface area contributed by atoms with Crippen LogP contribution in [0.25, 0.3) is 0 Å². The molecule has 1 fully saturated rings. The molecule has 0 aliphatic carbocycles. The molecule has 2 unspecified atom stereocenters. The van der Waals surface area contributed by atoms with Gasteiger partial charge in [-0.25, -0.2) is 0 Å². The summed E-state index contributed by atoms with van der Waals surface area (Å²) >= 11 is 0. The minimum Gasteiger partial charge on any atom is -0.372 e. The van der Waals surface area contributed by atoms with Crippen molar-refractivity contribution in [1.29, 1.82) is 0 Å². The van der Waals surface area contributed by atoms with Crippen molar-refractivity contribution in [2.75, 3.05) is 26.2 Å². The van der Waals surface area contributed by atoms with Crippen LogP contribution in [-0.4, -0.2) is 43.3 Å². The summed E-state index contributed by atoms with van der Waals surface area (Å²) in [4.78, 5) is 2.58. The maximum Gasteiger partial charge on any atom is 0.0707 e. The van der Waals surface area contributed by atoms with Crippen LogP contribution in [-0.2, 0) is 4.74 Å². The minimum atomic E-state index is 0.319. The van der Waals surface area contributed by atoms with E-state index in [1.807, 2.05) is 0 Å². The van der Waals surface area contributed by atoms with E-state index in [0.29, 0.717) is 18.8 Å². The second-order valence-corrected chi connectivity index (χ2v) is 5.20. The van der Waals surface area contributed by atoms with Crippen LogP contribution in [0, 0.1) is 0 Å². The summed E-state index contributed by atoms with van der Waals surface area (Å²) in [7, 11) is 0. The molecule has 2 atom stereocenters. The lowest BCUT2D eigenvalue weighted by molar-refractivity contribution is 0.0265. The first kappa shape index (κ1) is 14.9. The van der Waals surface area contributed by atoms with E-state index in [0.717, 1.165) is 13.0 Å². The first-order chi connectivity index (χ1) is 8.30. The van der Waals surface area contributed by atoms with Gasteiger partial charge < -0.3 is 15.4 Å². The van der Waals surface area contributed by atoms with Crippen molar-refractivity contribution in [3.05, 3.63) is 0 Å². The molecule has 2 N–H and O–H groups in total. The minimum absolute atomic E-state index is 0.319. The second kappa shape index (κ2) is 8.90. The Morgan fingerprint density at radius 1 is 1.06 bits per heavy atom. The van der Waals surface area contributed by atoms with Gasteiger partial charge in [0.15, 0.2) is 0 Å². The fourth-order valence-electron chi connectivity index (χ4n) is 2.43. The van der Waals surface area contributed by atoms with Crippen molar-refractivity contribution in [3.63, 3.8) is 0 Å². The molecule has 0 saturated carbocycles. The highest BCUT2D eigenvalue weighted by atomic mass is 16.5. The number of hydrogen-bond acceptors (Lipinski definition) is 3. The molecule has 0 aromatic heterocycles. The zero-order valence-electron chi connectivity index (χ0n) is 11.7. The van der Waals surface area contributed by atoms with Gasteiger partial charge in [0.1, 0.15) is 0 Å². The monoisotopic (exact) mass is 242 g/mol. The fraction of sp³-hybridized carbons (Fsp3) is 1.00. The Morgan fingerprint density at radius 3 is 2.12 bits per heavy atom. The molecule has 0 amide bonds. The third-order valence-corrected chi connectivity index (χ3v) is 3.58. The van der Waals surface area contributed by atoms with Crippen molar-refractivity contribution in [3.8, 4) is 0 Å². The largest absolute Gasteiger partial charge is 0.372 e. The molecule has 0 radical (unpaired) electrons. The van der Waals surface area contributed by atoms with E-state index in [2.05, 4.69) is 18.7 Å². The quantitative estimate of drug-likeness (QED) is 0.675. The first-order valence-corrected chi connectivity index (χ1v) is 7.38. The maximum atomic E-state index is 5.93. The third kappa shape index (κ3) is 5.84. The lowest BCUT2D eigenvalue weighted by Gasteiger charge is -2.25. The van der Waals surface area contributed by atoms with Crippen molar-refractivity contribution in [2.24, 2.45) is 5.73 Å². The van der Waals surface area contributed by atoms with Gasteiger partial charge in [-0.3, -0.25) is 0 Å². The number of unbranched alkanes of at least 4 members (excludes halogenated alkanes) is 2. The summed E-state index contributed by atoms with van der Waals surface area (Å²) < 4.78 is 5.93. The fourth-order valence-corrected chi connectivity index (χ4v) is 2.43. The van der Waals surface area contributed by atoms with Gasteiger partial charge in [-0.1, -0.05) is 26.7 Å². The Hall–Kier alpha value is -0.120. The number of nitrogens with zero attached hydrogens (tertiary/aromatic N) is 1. The lowest BCUT2D eigenvalue weighted by Crippen LogP contribution is -2.34. The highest BCUT2D eigenvalue weighted by molar-refractivity contribution is 4.77. The molecule has 102 valence electrons. The Kier molecular flexibility index (Phi) is 7.82. The molecular weight excluding hydrogens is 212 g/mol. The van der Waals surface area contributed by atoms with Crippen LogP contribution in [0.2, 0.25) is 0 Å². The Balaban J connectivity index is 2.26. The van der Waals surface area contributed by atoms with Crippen LogP contribution in [0.5, 0.6) is 0 Å². The summed E-state index contributed by atoms with van der Waals surface area (Å²) in [6, 6.07) is 0. The first-order valence-electron chi connectivity index (χ1n) is 7.38. The van der Waals surface area contributed by atoms with E-state index in [-0.39, 0.29) is 0 Å². The van der Waals surface area contributed by atoms with E-state index in [1.54, 1.807) is 0 Å². The summed E-state index contributed by atoms with van der Waals surface area (Å²) in [5.74, 6) is 0. The summed E-state index contributed by atoms with van der Waals surface area (Å²) in [5.41, 5.74) is 5.65. The lowest BCUT2D eigenvalue weighted by atomic mass is 10.1. The van der Waals surface area contributed by atoms with Crippen LogP contribution in [0.15, 0.2) is 0 Å². The van der Waals surface area contributed by atoms with Gasteiger partial charge in [0.25, 0.3) is 0 Å². The predicted molar refractivity (Wildman–Crippen MR) is 73.2 cm³/mol. The van der Waals surface area contributed by atoms with Gasteiger partial charge in [-0.15, -0.1) is 0 Å². The Labute approximate surface area is 107 Å². The highest BCUT2D eigenvalue weighted by Crippen LogP contribution is 2.20. The molecule has 0 aromatic rings. The normalized spacial score (nSPS) is 24.7. The van der Waals surface area contributed by atoms with E-state index in [1.165, 1.54) is 45.2 Å². The van der Waals surface area contributed by atoms with Crippen molar-refractivity contribution >= 4 is 0 Å². The second-order valence-electron chi connectivity index (χ2n) is 5.20. The van der Waals surface area contributed by atoms with Gasteiger partial charge in [-0.05, 0) is 38.8 Å². The Morgan fingerprint density at radius 2 is 1.65 bits per heavy atom. The number of rotatable bonds is 9. The zero-order chi connectivity index (χ0) is 12.5. The summed E-state index contributed by atoms with van der Waals surface area (Å²) in [5, 5.41) is 0. The molecule has 1 rings (SSSR count). The molecular formula is C14H30N2O. The molecule has 3 nitrogen and oxygen atoms in total. The zero-order valence-corrected chi connectivity index (χ0v) is 11.7. The number of nitrogens with two attached hydrogens (primary N) is 1. The third-order valence-electron chi connectivity index (χ3n) is 3.58. The smallest absolute Gasteiger partial charge is 0.0707 e. The van der Waals surface area contributed by atoms with Crippen LogP contribution in [0.3, 0.4) is 0 Å². The molecule has 0 aromatic carbocycles. The van der Waals surface area contributed by atoms with Gasteiger partial charge in [0, 0.05) is 13.1 Å². The van der Waals surface area contributed by atoms with Crippen molar-refractivity contribution < 1.29 is 4.74 Å². The van der Waals surface area contributed by atoms with E-state index in [4.69, 9.17) is 10.5 Å². The molecule has 1 aliphatic rings. The van der Waals surface area contributed by atoms with Crippen LogP contribution in [0.1, 0.15) is 52.4 Å². The van der Waals surface area contributed by atoms with Gasteiger partial charge in [-0.2, -0.15) is 0 Å². The van der Waals surface area contributed by atoms with Gasteiger partial charge in [0.2, 0.25) is 0 Å². The summed E-state index contributed by atoms with van der Waals surface area (Å²) in [6.07, 6.45) is 8.25. The van der Waals surface area contributed by atoms with Crippen LogP contribution < -0.4 is 5.73 Å². The molecule has 0 spiro atoms. The van der Waals surface area contributed by atoms with E-state index in [9.17, 15) is 0 Å². The molecule has 1 aliphatic heterocycles. The standard InChI is InChI=1S/C14H30N2O/c1-3-5-9-16(10-6-4-2)12-14-8-7-13(11-15)17-14/h13-14H,3-12,15H2,1-2H3. The highest BCUT2D eigenvalue weighted by Gasteiger charge is 2.25. The molecule has 1 heterocycles. The average Bonchev–Trinajstić information content (AvgIpc) is 2.80. The van der Waals surface area contributed by atoms with Crippen LogP contribution >= 0.6 is 0 Å². The topological polar surface area (TPSA) is 38.5 Å². The SMILES string of the molecule is CCCCN(CCCC)CC1CCC(CN)O1. The summed E-state index contributed by atoms with van der Waals surface area (Å²) in [6.45, 7) is 8.76. The van der Waals surface area contributed by atoms with Crippen molar-refractivity contribution in [2.45, 2.75) is 64.6 Å². The van der Waals surface area contributed by atoms with E-state index < -0.39 is 0 Å². The molecule has 0 bridgehead atoms. The molecule has 3 heteroatoms. The number of ether oxygens (including phenoxy) is 1. The van der Waals surface area contributed by atoms with Crippen molar-refractivity contribution in [1.82, 2.24) is 4.90 Å². The van der Waals surface area contributed by atoms with Crippen LogP contribution in [0.4, 0.5) is 0 Å². The molecule has 17 heavy (non-hydrogen) atoms.